The van der Waals surface area contributed by atoms with Crippen LogP contribution in [0.25, 0.3) is 0 Å². The van der Waals surface area contributed by atoms with E-state index in [9.17, 15) is 0 Å². The second kappa shape index (κ2) is 6.26. The first kappa shape index (κ1) is 9.14. The molecule has 0 aromatic rings. The summed E-state index contributed by atoms with van der Waals surface area (Å²) in [6.45, 7) is 2.71. The van der Waals surface area contributed by atoms with Crippen molar-refractivity contribution in [3.05, 3.63) is 0 Å². The van der Waals surface area contributed by atoms with E-state index in [1.165, 1.54) is 0 Å². The lowest BCUT2D eigenvalue weighted by Gasteiger charge is -2.03. The Morgan fingerprint density at radius 2 is 2.30 bits per heavy atom. The molecule has 0 aromatic heterocycles. The average molecular weight is 142 g/mol. The molecule has 0 bridgehead atoms. The van der Waals surface area contributed by atoms with Gasteiger partial charge in [0, 0.05) is 6.04 Å². The van der Waals surface area contributed by atoms with Crippen LogP contribution in [-0.2, 0) is 0 Å². The van der Waals surface area contributed by atoms with E-state index in [-0.39, 0.29) is 6.04 Å². The molecule has 4 nitrogen and oxygen atoms in total. The van der Waals surface area contributed by atoms with Gasteiger partial charge in [0.1, 0.15) is 6.01 Å². The van der Waals surface area contributed by atoms with Gasteiger partial charge < -0.3 is 11.6 Å². The third-order valence-corrected chi connectivity index (χ3v) is 1.26. The first-order valence-corrected chi connectivity index (χ1v) is 3.38. The Labute approximate surface area is 61.0 Å². The molecule has 4 N–H and O–H groups in total. The van der Waals surface area contributed by atoms with Crippen LogP contribution in [-0.4, -0.2) is 18.6 Å². The molecule has 0 aliphatic rings. The van der Waals surface area contributed by atoms with E-state index < -0.39 is 0 Å². The van der Waals surface area contributed by atoms with Gasteiger partial charge in [0.15, 0.2) is 0 Å². The number of hydrogen-bond acceptors (Lipinski definition) is 4. The van der Waals surface area contributed by atoms with Crippen molar-refractivity contribution in [3.8, 4) is 0 Å². The molecule has 0 radical (unpaired) electrons. The molecular formula is C6H14N4. The van der Waals surface area contributed by atoms with Gasteiger partial charge in [-0.1, -0.05) is 6.92 Å². The Morgan fingerprint density at radius 3 is 2.80 bits per heavy atom. The molecule has 0 fully saturated rings. The van der Waals surface area contributed by atoms with Gasteiger partial charge in [0.25, 0.3) is 0 Å². The van der Waals surface area contributed by atoms with Gasteiger partial charge in [-0.2, -0.15) is 0 Å². The van der Waals surface area contributed by atoms with Gasteiger partial charge in [-0.15, -0.1) is 5.10 Å². The zero-order valence-electron chi connectivity index (χ0n) is 6.25. The van der Waals surface area contributed by atoms with Crippen LogP contribution in [0.15, 0.2) is 10.1 Å². The molecule has 1 atom stereocenters. The molecule has 0 saturated carbocycles. The van der Waals surface area contributed by atoms with Crippen molar-refractivity contribution in [2.75, 3.05) is 6.54 Å². The molecular weight excluding hydrogens is 128 g/mol. The summed E-state index contributed by atoms with van der Waals surface area (Å²) in [6.07, 6.45) is 1.86. The summed E-state index contributed by atoms with van der Waals surface area (Å²) in [5.74, 6) is 4.77. The topological polar surface area (TPSA) is 76.8 Å². The van der Waals surface area contributed by atoms with E-state index in [0.717, 1.165) is 12.8 Å². The van der Waals surface area contributed by atoms with Crippen molar-refractivity contribution >= 4 is 6.01 Å². The molecule has 0 amide bonds. The van der Waals surface area contributed by atoms with E-state index in [1.807, 2.05) is 6.92 Å². The minimum atomic E-state index is 0.239. The number of nitrogens with two attached hydrogens (primary N) is 2. The highest BCUT2D eigenvalue weighted by Gasteiger charge is 1.95. The van der Waals surface area contributed by atoms with E-state index in [4.69, 9.17) is 11.6 Å². The van der Waals surface area contributed by atoms with Crippen molar-refractivity contribution in [2.45, 2.75) is 25.8 Å². The summed E-state index contributed by atoms with van der Waals surface area (Å²) in [5, 5.41) is 3.10. The van der Waals surface area contributed by atoms with Gasteiger partial charge in [0.2, 0.25) is 0 Å². The summed E-state index contributed by atoms with van der Waals surface area (Å²) in [6, 6.07) is 2.54. The van der Waals surface area contributed by atoms with Crippen LogP contribution in [0.5, 0.6) is 0 Å². The van der Waals surface area contributed by atoms with Crippen molar-refractivity contribution in [1.29, 1.82) is 0 Å². The fourth-order valence-corrected chi connectivity index (χ4v) is 0.525. The fourth-order valence-electron chi connectivity index (χ4n) is 0.525. The normalized spacial score (nSPS) is 11.8. The number of aliphatic imine (C=N–C) groups is 1. The third-order valence-electron chi connectivity index (χ3n) is 1.26. The molecule has 0 spiro atoms. The average Bonchev–Trinajstić information content (AvgIpc) is 1.98. The second-order valence-corrected chi connectivity index (χ2v) is 2.07. The highest BCUT2D eigenvalue weighted by molar-refractivity contribution is 5.40. The minimum absolute atomic E-state index is 0.239. The smallest absolute Gasteiger partial charge is 0.114 e. The Morgan fingerprint density at radius 1 is 1.60 bits per heavy atom. The maximum absolute atomic E-state index is 5.61. The Hall–Kier alpha value is -0.860. The van der Waals surface area contributed by atoms with E-state index >= 15 is 0 Å². The lowest BCUT2D eigenvalue weighted by molar-refractivity contribution is 0.605. The van der Waals surface area contributed by atoms with Gasteiger partial charge in [-0.3, -0.25) is 0 Å². The third kappa shape index (κ3) is 5.28. The molecule has 0 saturated heterocycles. The number of hydrogen-bond donors (Lipinski definition) is 2. The summed E-state index contributed by atoms with van der Waals surface area (Å²) >= 11 is 0. The highest BCUT2D eigenvalue weighted by atomic mass is 15.1. The molecule has 58 valence electrons. The van der Waals surface area contributed by atoms with Crippen LogP contribution in [0.2, 0.25) is 0 Å². The van der Waals surface area contributed by atoms with Gasteiger partial charge >= 0.3 is 0 Å². The largest absolute Gasteiger partial charge is 0.328 e. The lowest BCUT2D eigenvalue weighted by atomic mass is 10.2. The summed E-state index contributed by atoms with van der Waals surface area (Å²) in [4.78, 5) is 3.76. The number of rotatable bonds is 4. The molecule has 0 aliphatic heterocycles. The summed E-state index contributed by atoms with van der Waals surface area (Å²) in [7, 11) is 0. The highest BCUT2D eigenvalue weighted by Crippen LogP contribution is 1.91. The van der Waals surface area contributed by atoms with Crippen LogP contribution in [0.4, 0.5) is 0 Å². The zero-order chi connectivity index (χ0) is 7.82. The first-order chi connectivity index (χ1) is 4.81. The van der Waals surface area contributed by atoms with E-state index in [2.05, 4.69) is 16.1 Å². The van der Waals surface area contributed by atoms with Crippen LogP contribution >= 0.6 is 0 Å². The maximum atomic E-state index is 5.61. The van der Waals surface area contributed by atoms with Gasteiger partial charge in [-0.25, -0.2) is 4.99 Å². The Kier molecular flexibility index (Phi) is 5.72. The molecule has 1 unspecified atom stereocenters. The van der Waals surface area contributed by atoms with Crippen LogP contribution in [0.1, 0.15) is 19.8 Å². The predicted octanol–water partition coefficient (Wildman–Crippen LogP) is 0.161. The van der Waals surface area contributed by atoms with Crippen molar-refractivity contribution in [3.63, 3.8) is 0 Å². The summed E-state index contributed by atoms with van der Waals surface area (Å²) < 4.78 is 0. The molecule has 0 aliphatic carbocycles. The van der Waals surface area contributed by atoms with Crippen LogP contribution < -0.4 is 11.6 Å². The Balaban J connectivity index is 3.27. The standard InChI is InChI=1S/C6H14N4/c1-2-6(7)3-4-9-5-10-8/h6H,2-4,7-8H2,1H3. The number of nitrogens with zero attached hydrogens (tertiary/aromatic N) is 2. The van der Waals surface area contributed by atoms with E-state index in [1.54, 1.807) is 0 Å². The van der Waals surface area contributed by atoms with Crippen LogP contribution in [0.3, 0.4) is 0 Å². The SMILES string of the molecule is CCC(N)CCN=C=NN. The monoisotopic (exact) mass is 142 g/mol. The summed E-state index contributed by atoms with van der Waals surface area (Å²) in [5.41, 5.74) is 5.61. The molecule has 0 heterocycles. The second-order valence-electron chi connectivity index (χ2n) is 2.07. The Bertz CT molecular complexity index is 126. The van der Waals surface area contributed by atoms with E-state index in [0.29, 0.717) is 6.54 Å². The molecule has 4 heteroatoms. The van der Waals surface area contributed by atoms with Gasteiger partial charge in [-0.05, 0) is 12.8 Å². The predicted molar refractivity (Wildman–Crippen MR) is 41.8 cm³/mol. The molecule has 0 aromatic carbocycles. The van der Waals surface area contributed by atoms with Crippen molar-refractivity contribution in [1.82, 2.24) is 0 Å². The molecule has 0 rings (SSSR count). The van der Waals surface area contributed by atoms with Gasteiger partial charge in [0.05, 0.1) is 6.54 Å². The maximum Gasteiger partial charge on any atom is 0.114 e. The lowest BCUT2D eigenvalue weighted by Crippen LogP contribution is -2.19. The number of hydrazone groups is 1. The van der Waals surface area contributed by atoms with Crippen molar-refractivity contribution < 1.29 is 0 Å². The molecule has 10 heavy (non-hydrogen) atoms. The fraction of sp³-hybridized carbons (Fsp3) is 0.833. The minimum Gasteiger partial charge on any atom is -0.328 e. The quantitative estimate of drug-likeness (QED) is 0.333. The zero-order valence-corrected chi connectivity index (χ0v) is 6.25. The first-order valence-electron chi connectivity index (χ1n) is 3.38. The van der Waals surface area contributed by atoms with Crippen LogP contribution in [0, 0.1) is 0 Å². The van der Waals surface area contributed by atoms with Crippen molar-refractivity contribution in [2.24, 2.45) is 21.7 Å².